The summed E-state index contributed by atoms with van der Waals surface area (Å²) in [5.41, 5.74) is 8.60. The molecule has 2 aromatic carbocycles. The van der Waals surface area contributed by atoms with Gasteiger partial charge in [-0.05, 0) is 35.4 Å². The van der Waals surface area contributed by atoms with Crippen LogP contribution in [-0.4, -0.2) is 0 Å². The van der Waals surface area contributed by atoms with E-state index in [1.165, 1.54) is 0 Å². The van der Waals surface area contributed by atoms with E-state index in [0.29, 0.717) is 0 Å². The van der Waals surface area contributed by atoms with Crippen LogP contribution in [0.2, 0.25) is 5.02 Å². The lowest BCUT2D eigenvalue weighted by molar-refractivity contribution is 1.63. The molecule has 2 rings (SSSR count). The lowest BCUT2D eigenvalue weighted by atomic mass is 10.1. The first kappa shape index (κ1) is 10.8. The van der Waals surface area contributed by atoms with Gasteiger partial charge in [-0.1, -0.05) is 48.0 Å². The molecule has 0 aliphatic carbocycles. The summed E-state index contributed by atoms with van der Waals surface area (Å²) in [7, 11) is 0. The summed E-state index contributed by atoms with van der Waals surface area (Å²) in [6.45, 7) is 0. The van der Waals surface area contributed by atoms with Crippen LogP contribution in [-0.2, 0) is 0 Å². The number of benzene rings is 2. The van der Waals surface area contributed by atoms with Crippen molar-refractivity contribution in [2.45, 2.75) is 0 Å². The molecule has 0 saturated carbocycles. The third kappa shape index (κ3) is 2.88. The molecule has 1 nitrogen and oxygen atoms in total. The van der Waals surface area contributed by atoms with E-state index in [1.807, 2.05) is 60.7 Å². The minimum atomic E-state index is 0.749. The first-order chi connectivity index (χ1) is 7.74. The maximum Gasteiger partial charge on any atom is 0.0411 e. The zero-order valence-corrected chi connectivity index (χ0v) is 9.48. The molecule has 0 aliphatic heterocycles. The molecule has 0 heterocycles. The predicted molar refractivity (Wildman–Crippen MR) is 71.2 cm³/mol. The number of nitrogen functional groups attached to an aromatic ring is 1. The predicted octanol–water partition coefficient (Wildman–Crippen LogP) is 4.09. The normalized spacial score (nSPS) is 10.8. The molecule has 0 bridgehead atoms. The van der Waals surface area contributed by atoms with E-state index in [1.54, 1.807) is 0 Å². The van der Waals surface area contributed by atoms with Crippen LogP contribution in [0.4, 0.5) is 5.69 Å². The minimum absolute atomic E-state index is 0.749. The highest BCUT2D eigenvalue weighted by molar-refractivity contribution is 6.30. The summed E-state index contributed by atoms with van der Waals surface area (Å²) in [5, 5.41) is 0.749. The van der Waals surface area contributed by atoms with Gasteiger partial charge < -0.3 is 5.73 Å². The van der Waals surface area contributed by atoms with E-state index in [0.717, 1.165) is 21.8 Å². The number of nitrogens with two attached hydrogens (primary N) is 1. The molecule has 2 aromatic rings. The average molecular weight is 230 g/mol. The molecular formula is C14H12ClN. The Balaban J connectivity index is 2.18. The smallest absolute Gasteiger partial charge is 0.0411 e. The molecule has 2 N–H and O–H groups in total. The maximum absolute atomic E-state index is 5.90. The number of halogens is 1. The van der Waals surface area contributed by atoms with Gasteiger partial charge in [0.1, 0.15) is 0 Å². The Labute approximate surface area is 100 Å². The number of hydrogen-bond acceptors (Lipinski definition) is 1. The highest BCUT2D eigenvalue weighted by atomic mass is 35.5. The van der Waals surface area contributed by atoms with Crippen LogP contribution in [0.15, 0.2) is 48.5 Å². The van der Waals surface area contributed by atoms with Gasteiger partial charge in [-0.15, -0.1) is 0 Å². The highest BCUT2D eigenvalue weighted by Crippen LogP contribution is 2.14. The standard InChI is InChI=1S/C14H12ClN/c15-13-3-1-2-12(10-13)5-4-11-6-8-14(16)9-7-11/h1-10H,16H2/b5-4+. The van der Waals surface area contributed by atoms with E-state index in [-0.39, 0.29) is 0 Å². The van der Waals surface area contributed by atoms with Gasteiger partial charge in [0, 0.05) is 10.7 Å². The molecular weight excluding hydrogens is 218 g/mol. The summed E-state index contributed by atoms with van der Waals surface area (Å²) in [5.74, 6) is 0. The van der Waals surface area contributed by atoms with Crippen molar-refractivity contribution in [1.29, 1.82) is 0 Å². The minimum Gasteiger partial charge on any atom is -0.399 e. The van der Waals surface area contributed by atoms with Crippen molar-refractivity contribution in [1.82, 2.24) is 0 Å². The Morgan fingerprint density at radius 1 is 0.875 bits per heavy atom. The third-order valence-electron chi connectivity index (χ3n) is 2.25. The van der Waals surface area contributed by atoms with Crippen molar-refractivity contribution in [2.24, 2.45) is 0 Å². The zero-order chi connectivity index (χ0) is 11.4. The second-order valence-electron chi connectivity index (χ2n) is 3.56. The molecule has 0 radical (unpaired) electrons. The van der Waals surface area contributed by atoms with Gasteiger partial charge in [-0.2, -0.15) is 0 Å². The fraction of sp³-hybridized carbons (Fsp3) is 0. The second-order valence-corrected chi connectivity index (χ2v) is 3.99. The van der Waals surface area contributed by atoms with Crippen molar-refractivity contribution < 1.29 is 0 Å². The van der Waals surface area contributed by atoms with Crippen LogP contribution in [0, 0.1) is 0 Å². The average Bonchev–Trinajstić information content (AvgIpc) is 2.28. The summed E-state index contributed by atoms with van der Waals surface area (Å²) in [6.07, 6.45) is 4.06. The molecule has 2 heteroatoms. The molecule has 0 unspecified atom stereocenters. The Morgan fingerprint density at radius 2 is 1.56 bits per heavy atom. The lowest BCUT2D eigenvalue weighted by Gasteiger charge is -1.96. The van der Waals surface area contributed by atoms with Crippen molar-refractivity contribution in [3.8, 4) is 0 Å². The molecule has 80 valence electrons. The number of anilines is 1. The van der Waals surface area contributed by atoms with Crippen LogP contribution in [0.1, 0.15) is 11.1 Å². The topological polar surface area (TPSA) is 26.0 Å². The third-order valence-corrected chi connectivity index (χ3v) is 2.49. The van der Waals surface area contributed by atoms with Gasteiger partial charge in [-0.3, -0.25) is 0 Å². The Hall–Kier alpha value is -1.73. The van der Waals surface area contributed by atoms with Crippen LogP contribution in [0.3, 0.4) is 0 Å². The summed E-state index contributed by atoms with van der Waals surface area (Å²) in [4.78, 5) is 0. The Bertz CT molecular complexity index is 500. The molecule has 0 aromatic heterocycles. The first-order valence-electron chi connectivity index (χ1n) is 5.03. The monoisotopic (exact) mass is 229 g/mol. The van der Waals surface area contributed by atoms with Crippen LogP contribution >= 0.6 is 11.6 Å². The van der Waals surface area contributed by atoms with Crippen LogP contribution in [0.25, 0.3) is 12.2 Å². The van der Waals surface area contributed by atoms with Gasteiger partial charge in [0.05, 0.1) is 0 Å². The molecule has 0 saturated heterocycles. The molecule has 0 fully saturated rings. The van der Waals surface area contributed by atoms with Gasteiger partial charge in [-0.25, -0.2) is 0 Å². The van der Waals surface area contributed by atoms with E-state index < -0.39 is 0 Å². The largest absolute Gasteiger partial charge is 0.399 e. The fourth-order valence-electron chi connectivity index (χ4n) is 1.41. The van der Waals surface area contributed by atoms with Gasteiger partial charge >= 0.3 is 0 Å². The number of rotatable bonds is 2. The first-order valence-corrected chi connectivity index (χ1v) is 5.41. The second kappa shape index (κ2) is 4.86. The van der Waals surface area contributed by atoms with E-state index in [2.05, 4.69) is 0 Å². The number of hydrogen-bond donors (Lipinski definition) is 1. The van der Waals surface area contributed by atoms with Crippen molar-refractivity contribution in [3.05, 3.63) is 64.7 Å². The Morgan fingerprint density at radius 3 is 2.25 bits per heavy atom. The van der Waals surface area contributed by atoms with Gasteiger partial charge in [0.15, 0.2) is 0 Å². The molecule has 0 spiro atoms. The summed E-state index contributed by atoms with van der Waals surface area (Å²) < 4.78 is 0. The fourth-order valence-corrected chi connectivity index (χ4v) is 1.61. The van der Waals surface area contributed by atoms with Gasteiger partial charge in [0.25, 0.3) is 0 Å². The van der Waals surface area contributed by atoms with E-state index in [4.69, 9.17) is 17.3 Å². The van der Waals surface area contributed by atoms with E-state index >= 15 is 0 Å². The quantitative estimate of drug-likeness (QED) is 0.609. The molecule has 0 atom stereocenters. The molecule has 0 aliphatic rings. The maximum atomic E-state index is 5.90. The van der Waals surface area contributed by atoms with Crippen molar-refractivity contribution in [3.63, 3.8) is 0 Å². The Kier molecular flexibility index (Phi) is 3.28. The van der Waals surface area contributed by atoms with Crippen molar-refractivity contribution in [2.75, 3.05) is 5.73 Å². The highest BCUT2D eigenvalue weighted by Gasteiger charge is 1.90. The van der Waals surface area contributed by atoms with E-state index in [9.17, 15) is 0 Å². The lowest BCUT2D eigenvalue weighted by Crippen LogP contribution is -1.82. The van der Waals surface area contributed by atoms with Crippen molar-refractivity contribution >= 4 is 29.4 Å². The van der Waals surface area contributed by atoms with Crippen LogP contribution < -0.4 is 5.73 Å². The SMILES string of the molecule is Nc1ccc(/C=C/c2cccc(Cl)c2)cc1. The summed E-state index contributed by atoms with van der Waals surface area (Å²) in [6, 6.07) is 15.5. The summed E-state index contributed by atoms with van der Waals surface area (Å²) >= 11 is 5.90. The van der Waals surface area contributed by atoms with Crippen LogP contribution in [0.5, 0.6) is 0 Å². The molecule has 16 heavy (non-hydrogen) atoms. The zero-order valence-electron chi connectivity index (χ0n) is 8.73. The molecule has 0 amide bonds. The van der Waals surface area contributed by atoms with Gasteiger partial charge in [0.2, 0.25) is 0 Å².